The van der Waals surface area contributed by atoms with Gasteiger partial charge in [0.1, 0.15) is 6.61 Å². The molecule has 1 rings (SSSR count). The third kappa shape index (κ3) is 5.58. The van der Waals surface area contributed by atoms with Gasteiger partial charge in [-0.2, -0.15) is 11.8 Å². The number of carbonyl (C=O) groups excluding carboxylic acids is 1. The molecule has 3 nitrogen and oxygen atoms in total. The zero-order valence-electron chi connectivity index (χ0n) is 10.4. The van der Waals surface area contributed by atoms with E-state index in [9.17, 15) is 4.79 Å². The Kier molecular flexibility index (Phi) is 7.58. The van der Waals surface area contributed by atoms with Crippen molar-refractivity contribution in [1.82, 2.24) is 5.32 Å². The fraction of sp³-hybridized carbons (Fsp3) is 0.462. The Morgan fingerprint density at radius 1 is 1.50 bits per heavy atom. The second-order valence-corrected chi connectivity index (χ2v) is 5.65. The van der Waals surface area contributed by atoms with Crippen molar-refractivity contribution in [2.45, 2.75) is 12.8 Å². The molecular formula is C13H17NO2S2. The summed E-state index contributed by atoms with van der Waals surface area (Å²) < 4.78 is 0. The van der Waals surface area contributed by atoms with Crippen LogP contribution in [0.3, 0.4) is 0 Å². The molecule has 0 saturated carbocycles. The molecule has 0 saturated heterocycles. The minimum Gasteiger partial charge on any atom is -0.384 e. The van der Waals surface area contributed by atoms with E-state index in [1.807, 2.05) is 11.8 Å². The number of amides is 1. The van der Waals surface area contributed by atoms with Gasteiger partial charge in [-0.25, -0.2) is 0 Å². The molecule has 1 amide bonds. The van der Waals surface area contributed by atoms with Gasteiger partial charge in [-0.15, -0.1) is 11.3 Å². The van der Waals surface area contributed by atoms with Crippen molar-refractivity contribution in [2.75, 3.05) is 25.2 Å². The molecule has 98 valence electrons. The van der Waals surface area contributed by atoms with Crippen LogP contribution in [-0.2, 0) is 0 Å². The summed E-state index contributed by atoms with van der Waals surface area (Å²) in [6, 6.07) is 3.57. The number of carbonyl (C=O) groups is 1. The van der Waals surface area contributed by atoms with Gasteiger partial charge in [0, 0.05) is 6.54 Å². The summed E-state index contributed by atoms with van der Waals surface area (Å²) in [6.07, 6.45) is 4.22. The molecule has 1 heterocycles. The van der Waals surface area contributed by atoms with Crippen LogP contribution >= 0.6 is 23.1 Å². The number of aliphatic hydroxyl groups excluding tert-OH is 1. The molecule has 0 aliphatic heterocycles. The Hall–Kier alpha value is -0.960. The molecule has 0 aromatic carbocycles. The van der Waals surface area contributed by atoms with Crippen LogP contribution in [-0.4, -0.2) is 36.2 Å². The maximum atomic E-state index is 11.8. The van der Waals surface area contributed by atoms with Gasteiger partial charge in [-0.05, 0) is 37.0 Å². The summed E-state index contributed by atoms with van der Waals surface area (Å²) in [7, 11) is 0. The smallest absolute Gasteiger partial charge is 0.261 e. The van der Waals surface area contributed by atoms with Crippen molar-refractivity contribution in [3.05, 3.63) is 21.9 Å². The van der Waals surface area contributed by atoms with Crippen molar-refractivity contribution >= 4 is 29.0 Å². The van der Waals surface area contributed by atoms with Gasteiger partial charge < -0.3 is 10.4 Å². The summed E-state index contributed by atoms with van der Waals surface area (Å²) in [5.41, 5.74) is 0. The number of hydrogen-bond acceptors (Lipinski definition) is 4. The van der Waals surface area contributed by atoms with Gasteiger partial charge in [-0.1, -0.05) is 11.8 Å². The molecule has 0 aliphatic carbocycles. The first-order valence-corrected chi connectivity index (χ1v) is 7.95. The summed E-state index contributed by atoms with van der Waals surface area (Å²) >= 11 is 3.17. The molecule has 0 unspecified atom stereocenters. The fourth-order valence-corrected chi connectivity index (χ4v) is 2.60. The van der Waals surface area contributed by atoms with Crippen molar-refractivity contribution in [2.24, 2.45) is 0 Å². The lowest BCUT2D eigenvalue weighted by atomic mass is 10.3. The first kappa shape index (κ1) is 15.1. The minimum atomic E-state index is -0.158. The van der Waals surface area contributed by atoms with Crippen LogP contribution in [0.15, 0.2) is 12.1 Å². The van der Waals surface area contributed by atoms with Crippen LogP contribution in [0.4, 0.5) is 0 Å². The topological polar surface area (TPSA) is 49.3 Å². The lowest BCUT2D eigenvalue weighted by molar-refractivity contribution is 0.0957. The zero-order valence-corrected chi connectivity index (χ0v) is 12.0. The van der Waals surface area contributed by atoms with E-state index in [1.54, 1.807) is 12.1 Å². The monoisotopic (exact) mass is 283 g/mol. The van der Waals surface area contributed by atoms with Crippen LogP contribution in [0.1, 0.15) is 27.4 Å². The third-order valence-electron chi connectivity index (χ3n) is 2.18. The highest BCUT2D eigenvalue weighted by molar-refractivity contribution is 7.98. The van der Waals surface area contributed by atoms with Crippen molar-refractivity contribution in [3.63, 3.8) is 0 Å². The van der Waals surface area contributed by atoms with E-state index in [0.717, 1.165) is 30.0 Å². The number of rotatable bonds is 6. The van der Waals surface area contributed by atoms with E-state index < -0.39 is 0 Å². The lowest BCUT2D eigenvalue weighted by Crippen LogP contribution is -2.23. The predicted molar refractivity (Wildman–Crippen MR) is 78.2 cm³/mol. The van der Waals surface area contributed by atoms with Gasteiger partial charge in [-0.3, -0.25) is 4.79 Å². The van der Waals surface area contributed by atoms with E-state index in [0.29, 0.717) is 4.88 Å². The standard InChI is InChI=1S/C13H17NO2S2/c1-17-10-3-2-8-14-13(16)12-7-6-11(18-12)5-4-9-15/h6-7,15H,2-3,8-10H2,1H3,(H,14,16). The number of hydrogen-bond donors (Lipinski definition) is 2. The van der Waals surface area contributed by atoms with E-state index >= 15 is 0 Å². The Balaban J connectivity index is 2.35. The Bertz CT molecular complexity index is 432. The number of nitrogens with one attached hydrogen (secondary N) is 1. The lowest BCUT2D eigenvalue weighted by Gasteiger charge is -2.02. The molecule has 1 aromatic heterocycles. The van der Waals surface area contributed by atoms with Gasteiger partial charge in [0.2, 0.25) is 0 Å². The summed E-state index contributed by atoms with van der Waals surface area (Å²) in [4.78, 5) is 13.2. The van der Waals surface area contributed by atoms with Gasteiger partial charge in [0.05, 0.1) is 9.75 Å². The molecule has 2 N–H and O–H groups in total. The molecule has 1 aromatic rings. The zero-order chi connectivity index (χ0) is 13.2. The van der Waals surface area contributed by atoms with Crippen molar-refractivity contribution < 1.29 is 9.90 Å². The SMILES string of the molecule is CSCCCCNC(=O)c1ccc(C#CCO)s1. The molecule has 5 heteroatoms. The highest BCUT2D eigenvalue weighted by Gasteiger charge is 2.07. The van der Waals surface area contributed by atoms with Gasteiger partial charge in [0.25, 0.3) is 5.91 Å². The molecule has 0 aliphatic rings. The van der Waals surface area contributed by atoms with Crippen molar-refractivity contribution in [3.8, 4) is 11.8 Å². The molecule has 0 fully saturated rings. The number of thioether (sulfide) groups is 1. The van der Waals surface area contributed by atoms with Crippen LogP contribution in [0.2, 0.25) is 0 Å². The molecular weight excluding hydrogens is 266 g/mol. The normalized spacial score (nSPS) is 9.67. The van der Waals surface area contributed by atoms with E-state index in [-0.39, 0.29) is 12.5 Å². The molecule has 0 bridgehead atoms. The van der Waals surface area contributed by atoms with Crippen LogP contribution in [0.25, 0.3) is 0 Å². The maximum absolute atomic E-state index is 11.8. The Morgan fingerprint density at radius 3 is 3.06 bits per heavy atom. The molecule has 0 atom stereocenters. The van der Waals surface area contributed by atoms with E-state index in [1.165, 1.54) is 11.3 Å². The Labute approximate surface area is 116 Å². The second kappa shape index (κ2) is 9.03. The van der Waals surface area contributed by atoms with Crippen LogP contribution in [0, 0.1) is 11.8 Å². The van der Waals surface area contributed by atoms with Gasteiger partial charge >= 0.3 is 0 Å². The highest BCUT2D eigenvalue weighted by Crippen LogP contribution is 2.15. The summed E-state index contributed by atoms with van der Waals surface area (Å²) in [5, 5.41) is 11.5. The molecule has 0 radical (unpaired) electrons. The Morgan fingerprint density at radius 2 is 2.33 bits per heavy atom. The number of thiophene rings is 1. The number of unbranched alkanes of at least 4 members (excludes halogenated alkanes) is 1. The maximum Gasteiger partial charge on any atom is 0.261 e. The van der Waals surface area contributed by atoms with Gasteiger partial charge in [0.15, 0.2) is 0 Å². The first-order valence-electron chi connectivity index (χ1n) is 5.74. The predicted octanol–water partition coefficient (Wildman–Crippen LogP) is 1.96. The fourth-order valence-electron chi connectivity index (χ4n) is 1.31. The third-order valence-corrected chi connectivity index (χ3v) is 3.88. The molecule has 0 spiro atoms. The first-order chi connectivity index (χ1) is 8.77. The average Bonchev–Trinajstić information content (AvgIpc) is 2.84. The van der Waals surface area contributed by atoms with E-state index in [4.69, 9.17) is 5.11 Å². The summed E-state index contributed by atoms with van der Waals surface area (Å²) in [5.74, 6) is 6.45. The molecule has 18 heavy (non-hydrogen) atoms. The quantitative estimate of drug-likeness (QED) is 0.620. The second-order valence-electron chi connectivity index (χ2n) is 3.58. The average molecular weight is 283 g/mol. The largest absolute Gasteiger partial charge is 0.384 e. The summed E-state index contributed by atoms with van der Waals surface area (Å²) in [6.45, 7) is 0.559. The highest BCUT2D eigenvalue weighted by atomic mass is 32.2. The van der Waals surface area contributed by atoms with Crippen LogP contribution < -0.4 is 5.32 Å². The number of aliphatic hydroxyl groups is 1. The van der Waals surface area contributed by atoms with Crippen LogP contribution in [0.5, 0.6) is 0 Å². The van der Waals surface area contributed by atoms with E-state index in [2.05, 4.69) is 23.4 Å². The minimum absolute atomic E-state index is 0.0406. The van der Waals surface area contributed by atoms with Crippen molar-refractivity contribution in [1.29, 1.82) is 0 Å².